The van der Waals surface area contributed by atoms with Crippen molar-refractivity contribution in [2.45, 2.75) is 12.5 Å². The number of carboxylic acid groups (broad SMARTS) is 1. The van der Waals surface area contributed by atoms with Gasteiger partial charge in [-0.3, -0.25) is 14.4 Å². The van der Waals surface area contributed by atoms with Gasteiger partial charge in [0.2, 0.25) is 11.8 Å². The molecular formula is C12H16N2O5. The summed E-state index contributed by atoms with van der Waals surface area (Å²) in [6.07, 6.45) is 2.90. The number of carbonyl (C=O) groups is 3. The Kier molecular flexibility index (Phi) is 3.57. The first-order valence-corrected chi connectivity index (χ1v) is 6.08. The summed E-state index contributed by atoms with van der Waals surface area (Å²) in [5, 5.41) is 20.8. The van der Waals surface area contributed by atoms with E-state index in [1.807, 2.05) is 12.2 Å². The molecule has 0 heterocycles. The predicted octanol–water partition coefficient (Wildman–Crippen LogP) is -1.53. The number of aliphatic hydroxyl groups is 1. The maximum Gasteiger partial charge on any atom is 0.307 e. The van der Waals surface area contributed by atoms with Crippen LogP contribution >= 0.6 is 0 Å². The lowest BCUT2D eigenvalue weighted by Gasteiger charge is -2.24. The lowest BCUT2D eigenvalue weighted by atomic mass is 9.82. The number of carbonyl (C=O) groups excluding carboxylic acids is 2. The molecule has 2 rings (SSSR count). The second-order valence-corrected chi connectivity index (χ2v) is 5.00. The summed E-state index contributed by atoms with van der Waals surface area (Å²) in [5.74, 6) is -3.95. The highest BCUT2D eigenvalue weighted by molar-refractivity contribution is 5.87. The highest BCUT2D eigenvalue weighted by atomic mass is 16.4. The van der Waals surface area contributed by atoms with Crippen molar-refractivity contribution in [2.24, 2.45) is 29.4 Å². The van der Waals surface area contributed by atoms with Crippen LogP contribution in [0.1, 0.15) is 6.42 Å². The van der Waals surface area contributed by atoms with E-state index in [9.17, 15) is 24.6 Å². The fourth-order valence-corrected chi connectivity index (χ4v) is 2.93. The number of hydrogen-bond acceptors (Lipinski definition) is 4. The number of amides is 2. The van der Waals surface area contributed by atoms with Gasteiger partial charge in [0.25, 0.3) is 0 Å². The lowest BCUT2D eigenvalue weighted by molar-refractivity contribution is -0.148. The zero-order chi connectivity index (χ0) is 14.2. The molecule has 0 aromatic rings. The molecule has 1 saturated carbocycles. The number of nitrogens with one attached hydrogen (secondary N) is 1. The van der Waals surface area contributed by atoms with E-state index in [1.54, 1.807) is 0 Å². The molecular weight excluding hydrogens is 252 g/mol. The van der Waals surface area contributed by atoms with Crippen molar-refractivity contribution in [3.8, 4) is 0 Å². The molecule has 1 fully saturated rings. The second kappa shape index (κ2) is 5.00. The highest BCUT2D eigenvalue weighted by Gasteiger charge is 2.51. The van der Waals surface area contributed by atoms with Crippen molar-refractivity contribution in [1.29, 1.82) is 0 Å². The molecule has 2 bridgehead atoms. The van der Waals surface area contributed by atoms with Gasteiger partial charge in [-0.15, -0.1) is 0 Å². The summed E-state index contributed by atoms with van der Waals surface area (Å²) in [4.78, 5) is 33.9. The van der Waals surface area contributed by atoms with Crippen LogP contribution in [0.4, 0.5) is 0 Å². The highest BCUT2D eigenvalue weighted by Crippen LogP contribution is 2.48. The van der Waals surface area contributed by atoms with Crippen LogP contribution in [0.2, 0.25) is 0 Å². The molecule has 2 aliphatic rings. The molecule has 5 atom stereocenters. The summed E-state index contributed by atoms with van der Waals surface area (Å²) in [7, 11) is 0. The van der Waals surface area contributed by atoms with Gasteiger partial charge in [-0.2, -0.15) is 0 Å². The Morgan fingerprint density at radius 3 is 2.37 bits per heavy atom. The average molecular weight is 268 g/mol. The average Bonchev–Trinajstić information content (AvgIpc) is 2.94. The normalized spacial score (nSPS) is 33.1. The maximum absolute atomic E-state index is 12.0. The third-order valence-corrected chi connectivity index (χ3v) is 3.85. The number of allylic oxidation sites excluding steroid dienone is 2. The molecule has 7 heteroatoms. The van der Waals surface area contributed by atoms with Crippen molar-refractivity contribution in [3.05, 3.63) is 12.2 Å². The van der Waals surface area contributed by atoms with E-state index in [-0.39, 0.29) is 18.4 Å². The number of nitrogens with two attached hydrogens (primary N) is 1. The first-order chi connectivity index (χ1) is 8.91. The third kappa shape index (κ3) is 2.46. The summed E-state index contributed by atoms with van der Waals surface area (Å²) in [6.45, 7) is -0.294. The number of primary amides is 1. The van der Waals surface area contributed by atoms with Crippen molar-refractivity contribution in [3.63, 3.8) is 0 Å². The summed E-state index contributed by atoms with van der Waals surface area (Å²) < 4.78 is 0. The smallest absolute Gasteiger partial charge is 0.307 e. The minimum Gasteiger partial charge on any atom is -0.481 e. The fourth-order valence-electron chi connectivity index (χ4n) is 2.93. The molecule has 0 aromatic heterocycles. The molecule has 19 heavy (non-hydrogen) atoms. The first kappa shape index (κ1) is 13.5. The first-order valence-electron chi connectivity index (χ1n) is 6.08. The molecule has 2 aliphatic carbocycles. The van der Waals surface area contributed by atoms with Crippen molar-refractivity contribution in [2.75, 3.05) is 6.54 Å². The van der Waals surface area contributed by atoms with E-state index in [2.05, 4.69) is 5.32 Å². The predicted molar refractivity (Wildman–Crippen MR) is 63.6 cm³/mol. The number of fused-ring (bicyclic) bond motifs is 2. The van der Waals surface area contributed by atoms with Crippen molar-refractivity contribution in [1.82, 2.24) is 5.32 Å². The molecule has 0 spiro atoms. The second-order valence-electron chi connectivity index (χ2n) is 5.00. The quantitative estimate of drug-likeness (QED) is 0.449. The lowest BCUT2D eigenvalue weighted by Crippen LogP contribution is -2.45. The van der Waals surface area contributed by atoms with Crippen LogP contribution in [0.3, 0.4) is 0 Å². The van der Waals surface area contributed by atoms with E-state index in [0.717, 1.165) is 0 Å². The van der Waals surface area contributed by atoms with Gasteiger partial charge in [0, 0.05) is 0 Å². The molecule has 0 aromatic carbocycles. The monoisotopic (exact) mass is 268 g/mol. The number of carboxylic acids is 1. The van der Waals surface area contributed by atoms with Crippen molar-refractivity contribution >= 4 is 17.8 Å². The fraction of sp³-hybridized carbons (Fsp3) is 0.583. The Bertz CT molecular complexity index is 447. The Morgan fingerprint density at radius 1 is 1.26 bits per heavy atom. The van der Waals surface area contributed by atoms with Gasteiger partial charge < -0.3 is 21.3 Å². The topological polar surface area (TPSA) is 130 Å². The van der Waals surface area contributed by atoms with E-state index in [1.165, 1.54) is 0 Å². The van der Waals surface area contributed by atoms with Crippen molar-refractivity contribution < 1.29 is 24.6 Å². The van der Waals surface area contributed by atoms with Crippen LogP contribution in [0.15, 0.2) is 12.2 Å². The van der Waals surface area contributed by atoms with Gasteiger partial charge in [-0.25, -0.2) is 0 Å². The molecule has 0 aliphatic heterocycles. The zero-order valence-corrected chi connectivity index (χ0v) is 10.2. The van der Waals surface area contributed by atoms with Crippen LogP contribution in [-0.2, 0) is 14.4 Å². The van der Waals surface area contributed by atoms with E-state index >= 15 is 0 Å². The van der Waals surface area contributed by atoms with Gasteiger partial charge in [-0.1, -0.05) is 12.2 Å². The van der Waals surface area contributed by atoms with Crippen LogP contribution in [0.25, 0.3) is 0 Å². The third-order valence-electron chi connectivity index (χ3n) is 3.85. The van der Waals surface area contributed by atoms with Gasteiger partial charge in [-0.05, 0) is 18.3 Å². The summed E-state index contributed by atoms with van der Waals surface area (Å²) in [5.41, 5.74) is 4.87. The van der Waals surface area contributed by atoms with Crippen LogP contribution < -0.4 is 11.1 Å². The SMILES string of the molecule is NC(=O)C(O)CNC(=O)C1C2C=CC(C2)C1C(=O)O. The Balaban J connectivity index is 2.00. The minimum atomic E-state index is -1.46. The zero-order valence-electron chi connectivity index (χ0n) is 10.2. The van der Waals surface area contributed by atoms with E-state index in [0.29, 0.717) is 6.42 Å². The van der Waals surface area contributed by atoms with Gasteiger partial charge in [0.1, 0.15) is 6.10 Å². The summed E-state index contributed by atoms with van der Waals surface area (Å²) >= 11 is 0. The van der Waals surface area contributed by atoms with Crippen LogP contribution in [0, 0.1) is 23.7 Å². The summed E-state index contributed by atoms with van der Waals surface area (Å²) in [6, 6.07) is 0. The Labute approximate surface area is 109 Å². The van der Waals surface area contributed by atoms with E-state index < -0.39 is 35.7 Å². The van der Waals surface area contributed by atoms with Gasteiger partial charge >= 0.3 is 5.97 Å². The molecule has 5 unspecified atom stereocenters. The van der Waals surface area contributed by atoms with E-state index in [4.69, 9.17) is 5.73 Å². The van der Waals surface area contributed by atoms with Crippen LogP contribution in [-0.4, -0.2) is 40.6 Å². The molecule has 7 nitrogen and oxygen atoms in total. The number of rotatable bonds is 5. The molecule has 2 amide bonds. The molecule has 5 N–H and O–H groups in total. The molecule has 0 radical (unpaired) electrons. The number of aliphatic hydroxyl groups excluding tert-OH is 1. The van der Waals surface area contributed by atoms with Gasteiger partial charge in [0.15, 0.2) is 0 Å². The molecule has 0 saturated heterocycles. The molecule has 104 valence electrons. The Hall–Kier alpha value is -1.89. The number of hydrogen-bond donors (Lipinski definition) is 4. The number of aliphatic carboxylic acids is 1. The van der Waals surface area contributed by atoms with Gasteiger partial charge in [0.05, 0.1) is 18.4 Å². The maximum atomic E-state index is 12.0. The standard InChI is InChI=1S/C12H16N2O5/c13-10(16)7(15)4-14-11(17)8-5-1-2-6(3-5)9(8)12(18)19/h1-2,5-9,15H,3-4H2,(H2,13,16)(H,14,17)(H,18,19). The largest absolute Gasteiger partial charge is 0.481 e. The Morgan fingerprint density at radius 2 is 1.84 bits per heavy atom. The minimum absolute atomic E-state index is 0.0863. The van der Waals surface area contributed by atoms with Crippen LogP contribution in [0.5, 0.6) is 0 Å².